The zero-order chi connectivity index (χ0) is 17.4. The Kier molecular flexibility index (Phi) is 6.62. The van der Waals surface area contributed by atoms with Crippen molar-refractivity contribution in [1.29, 1.82) is 5.26 Å². The topological polar surface area (TPSA) is 82.4 Å². The van der Waals surface area contributed by atoms with Crippen LogP contribution in [0.15, 0.2) is 24.3 Å². The molecule has 6 heteroatoms. The van der Waals surface area contributed by atoms with Gasteiger partial charge in [-0.1, -0.05) is 18.2 Å². The van der Waals surface area contributed by atoms with Crippen molar-refractivity contribution in [2.45, 2.75) is 25.7 Å². The Balaban J connectivity index is 1.78. The Morgan fingerprint density at radius 1 is 1.33 bits per heavy atom. The van der Waals surface area contributed by atoms with Gasteiger partial charge in [0.25, 0.3) is 0 Å². The number of likely N-dealkylation sites (tertiary alicyclic amines) is 1. The number of nitrogens with one attached hydrogen (secondary N) is 1. The summed E-state index contributed by atoms with van der Waals surface area (Å²) in [5.74, 6) is 0.975. The van der Waals surface area contributed by atoms with Crippen LogP contribution in [0.3, 0.4) is 0 Å². The first-order valence-corrected chi connectivity index (χ1v) is 8.17. The van der Waals surface area contributed by atoms with E-state index in [2.05, 4.69) is 5.32 Å². The van der Waals surface area contributed by atoms with Crippen LogP contribution in [-0.4, -0.2) is 43.5 Å². The molecule has 24 heavy (non-hydrogen) atoms. The second-order valence-electron chi connectivity index (χ2n) is 5.95. The number of nitrogens with zero attached hydrogens (tertiary/aromatic N) is 2. The number of carbonyl (C=O) groups is 2. The van der Waals surface area contributed by atoms with Crippen molar-refractivity contribution < 1.29 is 14.3 Å². The SMILES string of the molecule is COc1ccccc1CC(=O)N1CCC(CNC(=O)CC#N)CC1. The molecule has 0 aliphatic carbocycles. The maximum atomic E-state index is 12.5. The number of carbonyl (C=O) groups excluding carboxylic acids is 2. The van der Waals surface area contributed by atoms with E-state index < -0.39 is 0 Å². The highest BCUT2D eigenvalue weighted by Gasteiger charge is 2.23. The second kappa shape index (κ2) is 8.92. The summed E-state index contributed by atoms with van der Waals surface area (Å²) in [6.07, 6.45) is 1.97. The Morgan fingerprint density at radius 3 is 2.71 bits per heavy atom. The summed E-state index contributed by atoms with van der Waals surface area (Å²) in [5, 5.41) is 11.2. The molecule has 0 saturated carbocycles. The molecule has 6 nitrogen and oxygen atoms in total. The highest BCUT2D eigenvalue weighted by Crippen LogP contribution is 2.21. The number of amides is 2. The molecule has 128 valence electrons. The van der Waals surface area contributed by atoms with E-state index in [0.717, 1.165) is 24.2 Å². The molecule has 0 bridgehead atoms. The van der Waals surface area contributed by atoms with E-state index in [1.54, 1.807) is 7.11 Å². The van der Waals surface area contributed by atoms with Crippen molar-refractivity contribution in [3.05, 3.63) is 29.8 Å². The van der Waals surface area contributed by atoms with Gasteiger partial charge in [-0.05, 0) is 24.8 Å². The van der Waals surface area contributed by atoms with Gasteiger partial charge in [-0.2, -0.15) is 5.26 Å². The monoisotopic (exact) mass is 329 g/mol. The first-order valence-electron chi connectivity index (χ1n) is 8.17. The van der Waals surface area contributed by atoms with Gasteiger partial charge in [0.05, 0.1) is 19.6 Å². The van der Waals surface area contributed by atoms with E-state index in [1.165, 1.54) is 0 Å². The van der Waals surface area contributed by atoms with Crippen molar-refractivity contribution in [3.63, 3.8) is 0 Å². The maximum absolute atomic E-state index is 12.5. The molecule has 0 atom stereocenters. The lowest BCUT2D eigenvalue weighted by Crippen LogP contribution is -2.42. The molecule has 0 spiro atoms. The van der Waals surface area contributed by atoms with E-state index in [-0.39, 0.29) is 18.2 Å². The maximum Gasteiger partial charge on any atom is 0.234 e. The van der Waals surface area contributed by atoms with Crippen molar-refractivity contribution in [2.75, 3.05) is 26.7 Å². The molecular weight excluding hydrogens is 306 g/mol. The zero-order valence-electron chi connectivity index (χ0n) is 14.0. The third kappa shape index (κ3) is 4.98. The van der Waals surface area contributed by atoms with E-state index in [9.17, 15) is 9.59 Å². The number of nitriles is 1. The van der Waals surface area contributed by atoms with Crippen LogP contribution in [0.5, 0.6) is 5.75 Å². The normalized spacial score (nSPS) is 14.8. The average molecular weight is 329 g/mol. The first kappa shape index (κ1) is 17.8. The quantitative estimate of drug-likeness (QED) is 0.857. The molecule has 0 radical (unpaired) electrons. The summed E-state index contributed by atoms with van der Waals surface area (Å²) in [5.41, 5.74) is 0.899. The van der Waals surface area contributed by atoms with E-state index in [0.29, 0.717) is 32.0 Å². The van der Waals surface area contributed by atoms with Gasteiger partial charge in [-0.15, -0.1) is 0 Å². The van der Waals surface area contributed by atoms with E-state index in [4.69, 9.17) is 10.00 Å². The summed E-state index contributed by atoms with van der Waals surface area (Å²) in [7, 11) is 1.61. The molecule has 1 heterocycles. The van der Waals surface area contributed by atoms with Crippen molar-refractivity contribution in [2.24, 2.45) is 5.92 Å². The first-order chi connectivity index (χ1) is 11.6. The molecule has 1 aromatic rings. The molecule has 1 aliphatic heterocycles. The Morgan fingerprint density at radius 2 is 2.04 bits per heavy atom. The van der Waals surface area contributed by atoms with Crippen LogP contribution in [0.1, 0.15) is 24.8 Å². The van der Waals surface area contributed by atoms with Gasteiger partial charge < -0.3 is 15.0 Å². The predicted molar refractivity (Wildman–Crippen MR) is 89.2 cm³/mol. The predicted octanol–water partition coefficient (Wildman–Crippen LogP) is 1.51. The summed E-state index contributed by atoms with van der Waals surface area (Å²) < 4.78 is 5.29. The Hall–Kier alpha value is -2.55. The number of piperidine rings is 1. The Bertz CT molecular complexity index is 616. The summed E-state index contributed by atoms with van der Waals surface area (Å²) in [6.45, 7) is 1.98. The van der Waals surface area contributed by atoms with Crippen LogP contribution in [0.4, 0.5) is 0 Å². The zero-order valence-corrected chi connectivity index (χ0v) is 14.0. The van der Waals surface area contributed by atoms with Crippen LogP contribution < -0.4 is 10.1 Å². The van der Waals surface area contributed by atoms with Gasteiger partial charge in [0.1, 0.15) is 12.2 Å². The van der Waals surface area contributed by atoms with Gasteiger partial charge in [0, 0.05) is 25.2 Å². The largest absolute Gasteiger partial charge is 0.496 e. The van der Waals surface area contributed by atoms with Crippen LogP contribution >= 0.6 is 0 Å². The lowest BCUT2D eigenvalue weighted by atomic mass is 9.96. The smallest absolute Gasteiger partial charge is 0.234 e. The van der Waals surface area contributed by atoms with Gasteiger partial charge in [-0.25, -0.2) is 0 Å². The summed E-state index contributed by atoms with van der Waals surface area (Å²) >= 11 is 0. The number of ether oxygens (including phenoxy) is 1. The molecule has 1 saturated heterocycles. The minimum atomic E-state index is -0.229. The fourth-order valence-corrected chi connectivity index (χ4v) is 2.90. The fraction of sp³-hybridized carbons (Fsp3) is 0.500. The second-order valence-corrected chi connectivity index (χ2v) is 5.95. The van der Waals surface area contributed by atoms with E-state index >= 15 is 0 Å². The molecule has 1 fully saturated rings. The third-order valence-electron chi connectivity index (χ3n) is 4.33. The highest BCUT2D eigenvalue weighted by atomic mass is 16.5. The van der Waals surface area contributed by atoms with Crippen LogP contribution in [0.25, 0.3) is 0 Å². The molecular formula is C18H23N3O3. The number of rotatable bonds is 6. The number of hydrogen-bond donors (Lipinski definition) is 1. The van der Waals surface area contributed by atoms with E-state index in [1.807, 2.05) is 35.2 Å². The minimum absolute atomic E-state index is 0.101. The fourth-order valence-electron chi connectivity index (χ4n) is 2.90. The van der Waals surface area contributed by atoms with Crippen LogP contribution in [0, 0.1) is 17.2 Å². The van der Waals surface area contributed by atoms with Crippen LogP contribution in [0.2, 0.25) is 0 Å². The van der Waals surface area contributed by atoms with Crippen molar-refractivity contribution >= 4 is 11.8 Å². The minimum Gasteiger partial charge on any atom is -0.496 e. The number of methoxy groups -OCH3 is 1. The summed E-state index contributed by atoms with van der Waals surface area (Å²) in [6, 6.07) is 9.40. The van der Waals surface area contributed by atoms with Gasteiger partial charge in [0.15, 0.2) is 0 Å². The summed E-state index contributed by atoms with van der Waals surface area (Å²) in [4.78, 5) is 25.6. The lowest BCUT2D eigenvalue weighted by Gasteiger charge is -2.32. The molecule has 1 aliphatic rings. The molecule has 1 N–H and O–H groups in total. The molecule has 2 amide bonds. The average Bonchev–Trinajstić information content (AvgIpc) is 2.61. The molecule has 0 unspecified atom stereocenters. The van der Waals surface area contributed by atoms with Gasteiger partial charge in [-0.3, -0.25) is 9.59 Å². The Labute approximate surface area is 142 Å². The van der Waals surface area contributed by atoms with Crippen molar-refractivity contribution in [3.8, 4) is 11.8 Å². The standard InChI is InChI=1S/C18H23N3O3/c1-24-16-5-3-2-4-15(16)12-18(23)21-10-7-14(8-11-21)13-20-17(22)6-9-19/h2-5,14H,6-8,10-13H2,1H3,(H,20,22). The third-order valence-corrected chi connectivity index (χ3v) is 4.33. The molecule has 0 aromatic heterocycles. The number of hydrogen-bond acceptors (Lipinski definition) is 4. The van der Waals surface area contributed by atoms with Gasteiger partial charge >= 0.3 is 0 Å². The molecule has 1 aromatic carbocycles. The highest BCUT2D eigenvalue weighted by molar-refractivity contribution is 5.79. The van der Waals surface area contributed by atoms with Crippen LogP contribution in [-0.2, 0) is 16.0 Å². The number of para-hydroxylation sites is 1. The number of benzene rings is 1. The lowest BCUT2D eigenvalue weighted by molar-refractivity contribution is -0.132. The van der Waals surface area contributed by atoms with Gasteiger partial charge in [0.2, 0.25) is 11.8 Å². The molecule has 2 rings (SSSR count). The van der Waals surface area contributed by atoms with Crippen molar-refractivity contribution in [1.82, 2.24) is 10.2 Å².